The first kappa shape index (κ1) is 12.6. The van der Waals surface area contributed by atoms with Crippen molar-refractivity contribution in [1.29, 1.82) is 0 Å². The van der Waals surface area contributed by atoms with Gasteiger partial charge >= 0.3 is 0 Å². The molecule has 4 heteroatoms. The van der Waals surface area contributed by atoms with Crippen molar-refractivity contribution in [2.75, 3.05) is 5.73 Å². The minimum absolute atomic E-state index is 0.596. The zero-order valence-electron chi connectivity index (χ0n) is 11.1. The van der Waals surface area contributed by atoms with E-state index in [9.17, 15) is 0 Å². The molecule has 2 N–H and O–H groups in total. The van der Waals surface area contributed by atoms with E-state index in [-0.39, 0.29) is 0 Å². The van der Waals surface area contributed by atoms with Crippen LogP contribution in [-0.4, -0.2) is 9.97 Å². The van der Waals surface area contributed by atoms with Crippen molar-refractivity contribution in [3.8, 4) is 11.4 Å². The van der Waals surface area contributed by atoms with Crippen molar-refractivity contribution < 1.29 is 0 Å². The summed E-state index contributed by atoms with van der Waals surface area (Å²) in [6.07, 6.45) is 5.03. The Balaban J connectivity index is 1.86. The molecule has 1 aromatic carbocycles. The number of rotatable bonds is 3. The Bertz CT molecular complexity index is 675. The second kappa shape index (κ2) is 4.69. The van der Waals surface area contributed by atoms with Crippen LogP contribution in [0.2, 0.25) is 0 Å². The third kappa shape index (κ3) is 2.20. The molecule has 2 saturated carbocycles. The van der Waals surface area contributed by atoms with Gasteiger partial charge in [0.05, 0.1) is 9.26 Å². The molecule has 0 radical (unpaired) electrons. The molecule has 3 nitrogen and oxygen atoms in total. The van der Waals surface area contributed by atoms with Crippen LogP contribution < -0.4 is 5.73 Å². The van der Waals surface area contributed by atoms with Crippen LogP contribution in [0.5, 0.6) is 0 Å². The molecule has 2 aliphatic rings. The Kier molecular flexibility index (Phi) is 2.94. The number of benzene rings is 1. The Morgan fingerprint density at radius 2 is 1.70 bits per heavy atom. The van der Waals surface area contributed by atoms with E-state index in [0.29, 0.717) is 17.7 Å². The fourth-order valence-corrected chi connectivity index (χ4v) is 3.36. The Hall–Kier alpha value is -1.17. The molecule has 2 fully saturated rings. The highest BCUT2D eigenvalue weighted by Gasteiger charge is 2.31. The minimum Gasteiger partial charge on any atom is -0.383 e. The van der Waals surface area contributed by atoms with Crippen LogP contribution in [-0.2, 0) is 0 Å². The standard InChI is InChI=1S/C16H16IN3/c17-13-14(10-7-8-10)19-16(20-15(13)18)12-4-2-1-3-11(12)9-5-6-9/h1-4,9-10H,5-8H2,(H2,18,19,20). The van der Waals surface area contributed by atoms with Crippen molar-refractivity contribution >= 4 is 28.4 Å². The SMILES string of the molecule is Nc1nc(-c2ccccc2C2CC2)nc(C2CC2)c1I. The monoisotopic (exact) mass is 377 g/mol. The van der Waals surface area contributed by atoms with Gasteiger partial charge in [-0.05, 0) is 59.8 Å². The van der Waals surface area contributed by atoms with Gasteiger partial charge in [0.15, 0.2) is 5.82 Å². The highest BCUT2D eigenvalue weighted by molar-refractivity contribution is 14.1. The van der Waals surface area contributed by atoms with E-state index in [1.165, 1.54) is 36.8 Å². The number of nitrogens with zero attached hydrogens (tertiary/aromatic N) is 2. The molecule has 0 atom stereocenters. The molecule has 1 heterocycles. The topological polar surface area (TPSA) is 51.8 Å². The largest absolute Gasteiger partial charge is 0.383 e. The lowest BCUT2D eigenvalue weighted by molar-refractivity contribution is 0.978. The van der Waals surface area contributed by atoms with Gasteiger partial charge in [0.2, 0.25) is 0 Å². The van der Waals surface area contributed by atoms with Gasteiger partial charge in [-0.15, -0.1) is 0 Å². The van der Waals surface area contributed by atoms with Crippen molar-refractivity contribution in [3.63, 3.8) is 0 Å². The van der Waals surface area contributed by atoms with Crippen LogP contribution in [0.4, 0.5) is 5.82 Å². The number of nitrogen functional groups attached to an aromatic ring is 1. The Labute approximate surface area is 132 Å². The molecule has 20 heavy (non-hydrogen) atoms. The van der Waals surface area contributed by atoms with Gasteiger partial charge in [-0.3, -0.25) is 0 Å². The third-order valence-electron chi connectivity index (χ3n) is 4.09. The third-order valence-corrected chi connectivity index (χ3v) is 5.19. The van der Waals surface area contributed by atoms with Crippen molar-refractivity contribution in [3.05, 3.63) is 39.1 Å². The van der Waals surface area contributed by atoms with Crippen molar-refractivity contribution in [1.82, 2.24) is 9.97 Å². The number of halogens is 1. The first-order valence-electron chi connectivity index (χ1n) is 7.16. The zero-order valence-corrected chi connectivity index (χ0v) is 13.3. The van der Waals surface area contributed by atoms with E-state index in [1.807, 2.05) is 0 Å². The average Bonchev–Trinajstić information content (AvgIpc) is 3.34. The molecule has 0 unspecified atom stereocenters. The lowest BCUT2D eigenvalue weighted by atomic mass is 10.0. The molecule has 0 saturated heterocycles. The van der Waals surface area contributed by atoms with Crippen molar-refractivity contribution in [2.24, 2.45) is 0 Å². The van der Waals surface area contributed by atoms with Crippen molar-refractivity contribution in [2.45, 2.75) is 37.5 Å². The number of anilines is 1. The number of hydrogen-bond donors (Lipinski definition) is 1. The van der Waals surface area contributed by atoms with Gasteiger partial charge in [-0.1, -0.05) is 24.3 Å². The van der Waals surface area contributed by atoms with E-state index >= 15 is 0 Å². The predicted octanol–water partition coefficient (Wildman–Crippen LogP) is 4.09. The first-order valence-corrected chi connectivity index (χ1v) is 8.24. The summed E-state index contributed by atoms with van der Waals surface area (Å²) in [4.78, 5) is 9.38. The second-order valence-electron chi connectivity index (χ2n) is 5.77. The van der Waals surface area contributed by atoms with Gasteiger partial charge in [-0.25, -0.2) is 9.97 Å². The molecule has 102 valence electrons. The van der Waals surface area contributed by atoms with Crippen LogP contribution in [0.1, 0.15) is 48.8 Å². The minimum atomic E-state index is 0.596. The van der Waals surface area contributed by atoms with Crippen LogP contribution >= 0.6 is 22.6 Å². The van der Waals surface area contributed by atoms with E-state index < -0.39 is 0 Å². The average molecular weight is 377 g/mol. The second-order valence-corrected chi connectivity index (χ2v) is 6.85. The summed E-state index contributed by atoms with van der Waals surface area (Å²) in [5, 5.41) is 0. The number of nitrogens with two attached hydrogens (primary N) is 1. The Morgan fingerprint density at radius 1 is 1.00 bits per heavy atom. The number of aromatic nitrogens is 2. The lowest BCUT2D eigenvalue weighted by Crippen LogP contribution is -2.05. The molecule has 0 amide bonds. The molecule has 0 bridgehead atoms. The van der Waals surface area contributed by atoms with Gasteiger partial charge in [-0.2, -0.15) is 0 Å². The molecule has 0 aliphatic heterocycles. The maximum atomic E-state index is 6.11. The van der Waals surface area contributed by atoms with E-state index in [2.05, 4.69) is 51.8 Å². The normalized spacial score (nSPS) is 18.2. The molecule has 0 spiro atoms. The summed E-state index contributed by atoms with van der Waals surface area (Å²) in [6, 6.07) is 8.51. The maximum absolute atomic E-state index is 6.11. The highest BCUT2D eigenvalue weighted by atomic mass is 127. The summed E-state index contributed by atoms with van der Waals surface area (Å²) < 4.78 is 1.04. The number of hydrogen-bond acceptors (Lipinski definition) is 3. The molecular weight excluding hydrogens is 361 g/mol. The highest BCUT2D eigenvalue weighted by Crippen LogP contribution is 2.45. The molecule has 2 aromatic rings. The molecule has 4 rings (SSSR count). The molecule has 2 aliphatic carbocycles. The molecule has 1 aromatic heterocycles. The van der Waals surface area contributed by atoms with Crippen LogP contribution in [0.15, 0.2) is 24.3 Å². The summed E-state index contributed by atoms with van der Waals surface area (Å²) >= 11 is 2.28. The smallest absolute Gasteiger partial charge is 0.162 e. The fraction of sp³-hybridized carbons (Fsp3) is 0.375. The lowest BCUT2D eigenvalue weighted by Gasteiger charge is -2.11. The van der Waals surface area contributed by atoms with E-state index in [1.54, 1.807) is 0 Å². The summed E-state index contributed by atoms with van der Waals surface area (Å²) in [7, 11) is 0. The maximum Gasteiger partial charge on any atom is 0.162 e. The Morgan fingerprint density at radius 3 is 2.40 bits per heavy atom. The zero-order chi connectivity index (χ0) is 13.7. The fourth-order valence-electron chi connectivity index (χ4n) is 2.68. The van der Waals surface area contributed by atoms with Crippen LogP contribution in [0, 0.1) is 3.57 Å². The predicted molar refractivity (Wildman–Crippen MR) is 88.5 cm³/mol. The quantitative estimate of drug-likeness (QED) is 0.820. The van der Waals surface area contributed by atoms with E-state index in [0.717, 1.165) is 15.1 Å². The first-order chi connectivity index (χ1) is 9.74. The summed E-state index contributed by atoms with van der Waals surface area (Å²) in [5.74, 6) is 2.73. The summed E-state index contributed by atoms with van der Waals surface area (Å²) in [6.45, 7) is 0. The van der Waals surface area contributed by atoms with Crippen LogP contribution in [0.3, 0.4) is 0 Å². The van der Waals surface area contributed by atoms with Crippen LogP contribution in [0.25, 0.3) is 11.4 Å². The summed E-state index contributed by atoms with van der Waals surface area (Å²) in [5.41, 5.74) is 9.81. The van der Waals surface area contributed by atoms with Gasteiger partial charge in [0, 0.05) is 11.5 Å². The van der Waals surface area contributed by atoms with Gasteiger partial charge in [0.25, 0.3) is 0 Å². The molecular formula is C16H16IN3. The van der Waals surface area contributed by atoms with Gasteiger partial charge in [0.1, 0.15) is 5.82 Å². The van der Waals surface area contributed by atoms with E-state index in [4.69, 9.17) is 10.7 Å². The van der Waals surface area contributed by atoms with Gasteiger partial charge < -0.3 is 5.73 Å².